The molecule has 114 valence electrons. The van der Waals surface area contributed by atoms with Crippen LogP contribution in [-0.4, -0.2) is 54.2 Å². The van der Waals surface area contributed by atoms with Gasteiger partial charge < -0.3 is 20.5 Å². The van der Waals surface area contributed by atoms with Crippen molar-refractivity contribution in [1.82, 2.24) is 4.90 Å². The zero-order chi connectivity index (χ0) is 15.0. The molecule has 6 nitrogen and oxygen atoms in total. The van der Waals surface area contributed by atoms with Crippen LogP contribution >= 0.6 is 0 Å². The Morgan fingerprint density at radius 2 is 2.20 bits per heavy atom. The number of carbonyl (C=O) groups is 2. The lowest BCUT2D eigenvalue weighted by Crippen LogP contribution is -2.51. The molecular weight excluding hydrogens is 260 g/mol. The van der Waals surface area contributed by atoms with E-state index in [1.165, 1.54) is 0 Å². The van der Waals surface area contributed by atoms with E-state index in [9.17, 15) is 14.7 Å². The summed E-state index contributed by atoms with van der Waals surface area (Å²) in [5, 5.41) is 9.49. The molecule has 0 saturated carbocycles. The van der Waals surface area contributed by atoms with Gasteiger partial charge in [0.25, 0.3) is 0 Å². The highest BCUT2D eigenvalue weighted by atomic mass is 16.5. The van der Waals surface area contributed by atoms with E-state index in [-0.39, 0.29) is 18.5 Å². The lowest BCUT2D eigenvalue weighted by atomic mass is 9.82. The van der Waals surface area contributed by atoms with Gasteiger partial charge in [-0.1, -0.05) is 13.3 Å². The van der Waals surface area contributed by atoms with Crippen molar-refractivity contribution in [3.63, 3.8) is 0 Å². The molecule has 0 aromatic carbocycles. The molecule has 2 fully saturated rings. The Morgan fingerprint density at radius 3 is 2.70 bits per heavy atom. The summed E-state index contributed by atoms with van der Waals surface area (Å²) >= 11 is 0. The Balaban J connectivity index is 2.12. The van der Waals surface area contributed by atoms with Crippen LogP contribution in [0.5, 0.6) is 0 Å². The summed E-state index contributed by atoms with van der Waals surface area (Å²) in [5.41, 5.74) is 4.47. The SMILES string of the molecule is CCCC1(C(=O)O)CCN(C(=O)C2(C)COCC2N)C1. The first kappa shape index (κ1) is 15.3. The van der Waals surface area contributed by atoms with E-state index in [2.05, 4.69) is 0 Å². The Labute approximate surface area is 119 Å². The van der Waals surface area contributed by atoms with Crippen LogP contribution in [0.25, 0.3) is 0 Å². The maximum Gasteiger partial charge on any atom is 0.311 e. The molecular formula is C14H24N2O4. The summed E-state index contributed by atoms with van der Waals surface area (Å²) in [7, 11) is 0. The van der Waals surface area contributed by atoms with Gasteiger partial charge in [-0.25, -0.2) is 0 Å². The maximum absolute atomic E-state index is 12.7. The zero-order valence-electron chi connectivity index (χ0n) is 12.2. The second kappa shape index (κ2) is 5.33. The molecule has 0 spiro atoms. The molecule has 2 aliphatic rings. The largest absolute Gasteiger partial charge is 0.481 e. The average molecular weight is 284 g/mol. The number of carboxylic acids is 1. The fraction of sp³-hybridized carbons (Fsp3) is 0.857. The number of carboxylic acid groups (broad SMARTS) is 1. The van der Waals surface area contributed by atoms with E-state index in [1.807, 2.05) is 13.8 Å². The topological polar surface area (TPSA) is 92.9 Å². The van der Waals surface area contributed by atoms with Crippen LogP contribution in [0.2, 0.25) is 0 Å². The van der Waals surface area contributed by atoms with Crippen LogP contribution in [0, 0.1) is 10.8 Å². The van der Waals surface area contributed by atoms with E-state index >= 15 is 0 Å². The molecule has 0 aromatic rings. The van der Waals surface area contributed by atoms with Crippen LogP contribution in [0.15, 0.2) is 0 Å². The van der Waals surface area contributed by atoms with Crippen molar-refractivity contribution < 1.29 is 19.4 Å². The van der Waals surface area contributed by atoms with Gasteiger partial charge in [0.1, 0.15) is 0 Å². The minimum Gasteiger partial charge on any atom is -0.481 e. The van der Waals surface area contributed by atoms with E-state index in [4.69, 9.17) is 10.5 Å². The number of hydrogen-bond acceptors (Lipinski definition) is 4. The van der Waals surface area contributed by atoms with E-state index < -0.39 is 16.8 Å². The van der Waals surface area contributed by atoms with E-state index in [0.717, 1.165) is 6.42 Å². The van der Waals surface area contributed by atoms with Crippen molar-refractivity contribution in [3.8, 4) is 0 Å². The standard InChI is InChI=1S/C14H24N2O4/c1-3-4-14(12(18)19)5-6-16(8-14)11(17)13(2)9-20-7-10(13)15/h10H,3-9,15H2,1-2H3,(H,18,19). The Kier molecular flexibility index (Phi) is 4.07. The quantitative estimate of drug-likeness (QED) is 0.782. The number of amides is 1. The third-order valence-electron chi connectivity index (χ3n) is 4.83. The molecule has 2 aliphatic heterocycles. The number of ether oxygens (including phenoxy) is 1. The lowest BCUT2D eigenvalue weighted by Gasteiger charge is -2.32. The molecule has 0 aliphatic carbocycles. The number of hydrogen-bond donors (Lipinski definition) is 2. The Bertz CT molecular complexity index is 414. The number of likely N-dealkylation sites (tertiary alicyclic amines) is 1. The van der Waals surface area contributed by atoms with Crippen LogP contribution < -0.4 is 5.73 Å². The highest BCUT2D eigenvalue weighted by Crippen LogP contribution is 2.39. The average Bonchev–Trinajstić information content (AvgIpc) is 2.96. The molecule has 0 radical (unpaired) electrons. The number of rotatable bonds is 4. The lowest BCUT2D eigenvalue weighted by molar-refractivity contribution is -0.149. The predicted molar refractivity (Wildman–Crippen MR) is 73.1 cm³/mol. The third kappa shape index (κ3) is 2.31. The fourth-order valence-corrected chi connectivity index (χ4v) is 3.28. The summed E-state index contributed by atoms with van der Waals surface area (Å²) in [5.74, 6) is -0.867. The molecule has 6 heteroatoms. The normalized spacial score (nSPS) is 37.4. The molecule has 2 saturated heterocycles. The molecule has 2 rings (SSSR count). The van der Waals surface area contributed by atoms with Gasteiger partial charge in [-0.05, 0) is 19.8 Å². The molecule has 0 aromatic heterocycles. The van der Waals surface area contributed by atoms with Crippen molar-refractivity contribution in [2.45, 2.75) is 39.2 Å². The second-order valence-electron chi connectivity index (χ2n) is 6.35. The van der Waals surface area contributed by atoms with Gasteiger partial charge in [-0.3, -0.25) is 9.59 Å². The van der Waals surface area contributed by atoms with Gasteiger partial charge in [-0.15, -0.1) is 0 Å². The molecule has 3 N–H and O–H groups in total. The van der Waals surface area contributed by atoms with E-state index in [1.54, 1.807) is 4.90 Å². The highest BCUT2D eigenvalue weighted by molar-refractivity contribution is 5.85. The minimum atomic E-state index is -0.799. The van der Waals surface area contributed by atoms with Crippen LogP contribution in [-0.2, 0) is 14.3 Å². The van der Waals surface area contributed by atoms with Gasteiger partial charge >= 0.3 is 5.97 Å². The first-order valence-electron chi connectivity index (χ1n) is 7.22. The number of aliphatic carboxylic acids is 1. The van der Waals surface area contributed by atoms with Crippen molar-refractivity contribution in [2.24, 2.45) is 16.6 Å². The summed E-state index contributed by atoms with van der Waals surface area (Å²) < 4.78 is 5.31. The summed E-state index contributed by atoms with van der Waals surface area (Å²) in [4.78, 5) is 25.9. The van der Waals surface area contributed by atoms with Crippen molar-refractivity contribution in [3.05, 3.63) is 0 Å². The maximum atomic E-state index is 12.7. The molecule has 1 amide bonds. The highest BCUT2D eigenvalue weighted by Gasteiger charge is 2.51. The van der Waals surface area contributed by atoms with Crippen LogP contribution in [0.3, 0.4) is 0 Å². The number of nitrogens with zero attached hydrogens (tertiary/aromatic N) is 1. The second-order valence-corrected chi connectivity index (χ2v) is 6.35. The van der Waals surface area contributed by atoms with Crippen molar-refractivity contribution >= 4 is 11.9 Å². The first-order valence-corrected chi connectivity index (χ1v) is 7.22. The first-order chi connectivity index (χ1) is 9.35. The number of carbonyl (C=O) groups excluding carboxylic acids is 1. The van der Waals surface area contributed by atoms with Crippen LogP contribution in [0.4, 0.5) is 0 Å². The molecule has 3 unspecified atom stereocenters. The van der Waals surface area contributed by atoms with Crippen molar-refractivity contribution in [1.29, 1.82) is 0 Å². The predicted octanol–water partition coefficient (Wildman–Crippen LogP) is 0.454. The van der Waals surface area contributed by atoms with Crippen LogP contribution in [0.1, 0.15) is 33.1 Å². The van der Waals surface area contributed by atoms with Gasteiger partial charge in [-0.2, -0.15) is 0 Å². The molecule has 3 atom stereocenters. The Hall–Kier alpha value is -1.14. The smallest absolute Gasteiger partial charge is 0.311 e. The van der Waals surface area contributed by atoms with Crippen molar-refractivity contribution in [2.75, 3.05) is 26.3 Å². The summed E-state index contributed by atoms with van der Waals surface area (Å²) in [6.07, 6.45) is 1.92. The number of nitrogens with two attached hydrogens (primary N) is 1. The van der Waals surface area contributed by atoms with Gasteiger partial charge in [0, 0.05) is 19.1 Å². The fourth-order valence-electron chi connectivity index (χ4n) is 3.28. The Morgan fingerprint density at radius 1 is 1.50 bits per heavy atom. The monoisotopic (exact) mass is 284 g/mol. The third-order valence-corrected chi connectivity index (χ3v) is 4.83. The van der Waals surface area contributed by atoms with Gasteiger partial charge in [0.05, 0.1) is 24.0 Å². The van der Waals surface area contributed by atoms with E-state index in [0.29, 0.717) is 32.6 Å². The minimum absolute atomic E-state index is 0.0678. The van der Waals surface area contributed by atoms with Gasteiger partial charge in [0.2, 0.25) is 5.91 Å². The molecule has 2 heterocycles. The zero-order valence-corrected chi connectivity index (χ0v) is 12.2. The summed E-state index contributed by atoms with van der Waals surface area (Å²) in [6.45, 7) is 5.27. The molecule has 0 bridgehead atoms. The molecule has 20 heavy (non-hydrogen) atoms. The van der Waals surface area contributed by atoms with Gasteiger partial charge in [0.15, 0.2) is 0 Å². The summed E-state index contributed by atoms with van der Waals surface area (Å²) in [6, 6.07) is -0.319.